The average molecular weight is 338 g/mol. The normalized spacial score (nSPS) is 11.1. The Hall–Kier alpha value is -3.10. The van der Waals surface area contributed by atoms with Crippen LogP contribution in [0.5, 0.6) is 11.5 Å². The van der Waals surface area contributed by atoms with Crippen LogP contribution in [0.3, 0.4) is 0 Å². The van der Waals surface area contributed by atoms with Gasteiger partial charge in [0.15, 0.2) is 17.6 Å². The molecular weight excluding hydrogens is 320 g/mol. The molecule has 1 rings (SSSR count). The van der Waals surface area contributed by atoms with Gasteiger partial charge in [-0.25, -0.2) is 4.79 Å². The third kappa shape index (κ3) is 4.45. The van der Waals surface area contributed by atoms with Crippen molar-refractivity contribution >= 4 is 17.6 Å². The van der Waals surface area contributed by atoms with Crippen LogP contribution in [0.15, 0.2) is 24.8 Å². The zero-order chi connectivity index (χ0) is 18.3. The minimum Gasteiger partial charge on any atom is -0.493 e. The van der Waals surface area contributed by atoms with Gasteiger partial charge in [-0.3, -0.25) is 14.9 Å². The molecule has 24 heavy (non-hydrogen) atoms. The zero-order valence-electron chi connectivity index (χ0n) is 13.5. The number of esters is 1. The quantitative estimate of drug-likeness (QED) is 0.330. The molecule has 0 aromatic heterocycles. The van der Waals surface area contributed by atoms with Gasteiger partial charge >= 0.3 is 5.97 Å². The molecule has 9 nitrogen and oxygen atoms in total. The van der Waals surface area contributed by atoms with Crippen molar-refractivity contribution in [1.29, 1.82) is 0 Å². The summed E-state index contributed by atoms with van der Waals surface area (Å²) in [6.45, 7) is 5.00. The highest BCUT2D eigenvalue weighted by Crippen LogP contribution is 2.34. The molecule has 9 heteroatoms. The average Bonchev–Trinajstić information content (AvgIpc) is 2.57. The fourth-order valence-corrected chi connectivity index (χ4v) is 1.78. The van der Waals surface area contributed by atoms with Crippen molar-refractivity contribution in [2.75, 3.05) is 20.8 Å². The minimum atomic E-state index is -1.13. The van der Waals surface area contributed by atoms with E-state index >= 15 is 0 Å². The van der Waals surface area contributed by atoms with E-state index < -0.39 is 28.6 Å². The lowest BCUT2D eigenvalue weighted by atomic mass is 10.1. The largest absolute Gasteiger partial charge is 0.493 e. The van der Waals surface area contributed by atoms with Gasteiger partial charge in [0.25, 0.3) is 11.6 Å². The van der Waals surface area contributed by atoms with Crippen molar-refractivity contribution in [3.8, 4) is 11.5 Å². The summed E-state index contributed by atoms with van der Waals surface area (Å²) in [6.07, 6.45) is 0.330. The van der Waals surface area contributed by atoms with Gasteiger partial charge in [-0.15, -0.1) is 6.58 Å². The summed E-state index contributed by atoms with van der Waals surface area (Å²) in [5.74, 6) is -1.35. The second-order valence-corrected chi connectivity index (χ2v) is 4.56. The monoisotopic (exact) mass is 338 g/mol. The Bertz CT molecular complexity index is 657. The van der Waals surface area contributed by atoms with E-state index in [9.17, 15) is 19.7 Å². The molecule has 0 radical (unpaired) electrons. The van der Waals surface area contributed by atoms with Gasteiger partial charge in [-0.05, 0) is 6.92 Å². The molecule has 0 spiro atoms. The van der Waals surface area contributed by atoms with Crippen molar-refractivity contribution in [3.05, 3.63) is 40.5 Å². The highest BCUT2D eigenvalue weighted by molar-refractivity contribution is 5.96. The van der Waals surface area contributed by atoms with Crippen molar-refractivity contribution in [1.82, 2.24) is 5.32 Å². The van der Waals surface area contributed by atoms with Crippen LogP contribution in [0.1, 0.15) is 17.3 Å². The Kier molecular flexibility index (Phi) is 6.72. The topological polar surface area (TPSA) is 117 Å². The van der Waals surface area contributed by atoms with Crippen LogP contribution < -0.4 is 14.8 Å². The van der Waals surface area contributed by atoms with Crippen LogP contribution in [0.4, 0.5) is 5.69 Å². The number of methoxy groups -OCH3 is 2. The number of hydrogen-bond acceptors (Lipinski definition) is 7. The van der Waals surface area contributed by atoms with Crippen LogP contribution in [0, 0.1) is 10.1 Å². The summed E-state index contributed by atoms with van der Waals surface area (Å²) in [6, 6.07) is 2.19. The van der Waals surface area contributed by atoms with E-state index in [1.807, 2.05) is 0 Å². The lowest BCUT2D eigenvalue weighted by Crippen LogP contribution is -2.35. The SMILES string of the molecule is C=CCNC(=O)[C@H](C)OC(=O)c1cc(OC)c(OC)cc1[N+](=O)[O-]. The van der Waals surface area contributed by atoms with Gasteiger partial charge in [0.1, 0.15) is 5.56 Å². The lowest BCUT2D eigenvalue weighted by Gasteiger charge is -2.14. The van der Waals surface area contributed by atoms with Gasteiger partial charge in [0.2, 0.25) is 0 Å². The summed E-state index contributed by atoms with van der Waals surface area (Å²) < 4.78 is 15.0. The molecule has 0 saturated carbocycles. The molecule has 0 aliphatic carbocycles. The highest BCUT2D eigenvalue weighted by Gasteiger charge is 2.28. The number of nitrogens with zero attached hydrogens (tertiary/aromatic N) is 1. The molecular formula is C15H18N2O7. The van der Waals surface area contributed by atoms with E-state index in [1.165, 1.54) is 27.2 Å². The molecule has 1 atom stereocenters. The number of nitro groups is 1. The van der Waals surface area contributed by atoms with Gasteiger partial charge in [0.05, 0.1) is 25.2 Å². The number of ether oxygens (including phenoxy) is 3. The molecule has 130 valence electrons. The van der Waals surface area contributed by atoms with Gasteiger partial charge in [-0.1, -0.05) is 6.08 Å². The molecule has 1 N–H and O–H groups in total. The maximum absolute atomic E-state index is 12.2. The van der Waals surface area contributed by atoms with Crippen LogP contribution in [0.25, 0.3) is 0 Å². The maximum Gasteiger partial charge on any atom is 0.346 e. The van der Waals surface area contributed by atoms with E-state index in [1.54, 1.807) is 0 Å². The molecule has 0 aliphatic rings. The number of rotatable bonds is 8. The Balaban J connectivity index is 3.10. The van der Waals surface area contributed by atoms with E-state index in [2.05, 4.69) is 11.9 Å². The molecule has 1 aromatic carbocycles. The predicted octanol–water partition coefficient (Wildman–Crippen LogP) is 1.46. The summed E-state index contributed by atoms with van der Waals surface area (Å²) in [5, 5.41) is 13.6. The van der Waals surface area contributed by atoms with Gasteiger partial charge in [-0.2, -0.15) is 0 Å². The number of carbonyl (C=O) groups is 2. The van der Waals surface area contributed by atoms with E-state index in [0.717, 1.165) is 12.1 Å². The predicted molar refractivity (Wildman–Crippen MR) is 84.3 cm³/mol. The number of carbonyl (C=O) groups excluding carboxylic acids is 2. The second-order valence-electron chi connectivity index (χ2n) is 4.56. The zero-order valence-corrected chi connectivity index (χ0v) is 13.5. The third-order valence-electron chi connectivity index (χ3n) is 2.99. The number of amides is 1. The first kappa shape index (κ1) is 18.9. The van der Waals surface area contributed by atoms with Gasteiger partial charge in [0, 0.05) is 12.6 Å². The molecule has 0 heterocycles. The highest BCUT2D eigenvalue weighted by atomic mass is 16.6. The first-order valence-corrected chi connectivity index (χ1v) is 6.85. The smallest absolute Gasteiger partial charge is 0.346 e. The summed E-state index contributed by atoms with van der Waals surface area (Å²) >= 11 is 0. The fraction of sp³-hybridized carbons (Fsp3) is 0.333. The molecule has 1 aromatic rings. The summed E-state index contributed by atoms with van der Waals surface area (Å²) in [4.78, 5) is 34.3. The van der Waals surface area contributed by atoms with Crippen LogP contribution >= 0.6 is 0 Å². The Morgan fingerprint density at radius 3 is 2.42 bits per heavy atom. The maximum atomic E-state index is 12.2. The van der Waals surface area contributed by atoms with Crippen LogP contribution in [0.2, 0.25) is 0 Å². The number of nitrogens with one attached hydrogen (secondary N) is 1. The molecule has 0 fully saturated rings. The number of hydrogen-bond donors (Lipinski definition) is 1. The fourth-order valence-electron chi connectivity index (χ4n) is 1.78. The summed E-state index contributed by atoms with van der Waals surface area (Å²) in [5.41, 5.74) is -0.864. The Morgan fingerprint density at radius 1 is 1.33 bits per heavy atom. The molecule has 0 saturated heterocycles. The molecule has 0 bridgehead atoms. The Labute approximate surface area is 138 Å². The molecule has 0 aliphatic heterocycles. The first-order chi connectivity index (χ1) is 11.3. The standard InChI is InChI=1S/C15H18N2O7/c1-5-6-16-14(18)9(2)24-15(19)10-7-12(22-3)13(23-4)8-11(10)17(20)21/h5,7-9H,1,6H2,2-4H3,(H,16,18)/t9-/m0/s1. The van der Waals surface area contributed by atoms with Crippen molar-refractivity contribution in [3.63, 3.8) is 0 Å². The van der Waals surface area contributed by atoms with E-state index in [-0.39, 0.29) is 23.6 Å². The Morgan fingerprint density at radius 2 is 1.92 bits per heavy atom. The van der Waals surface area contributed by atoms with Gasteiger partial charge < -0.3 is 19.5 Å². The van der Waals surface area contributed by atoms with Crippen LogP contribution in [-0.4, -0.2) is 43.7 Å². The van der Waals surface area contributed by atoms with Crippen molar-refractivity contribution in [2.45, 2.75) is 13.0 Å². The van der Waals surface area contributed by atoms with Crippen molar-refractivity contribution < 1.29 is 28.7 Å². The molecule has 1 amide bonds. The lowest BCUT2D eigenvalue weighted by molar-refractivity contribution is -0.385. The molecule has 0 unspecified atom stereocenters. The van der Waals surface area contributed by atoms with Crippen molar-refractivity contribution in [2.24, 2.45) is 0 Å². The minimum absolute atomic E-state index is 0.0949. The number of benzene rings is 1. The second kappa shape index (κ2) is 8.51. The van der Waals surface area contributed by atoms with E-state index in [4.69, 9.17) is 14.2 Å². The van der Waals surface area contributed by atoms with E-state index in [0.29, 0.717) is 0 Å². The first-order valence-electron chi connectivity index (χ1n) is 6.85. The van der Waals surface area contributed by atoms with Crippen LogP contribution in [-0.2, 0) is 9.53 Å². The number of nitro benzene ring substituents is 1. The third-order valence-corrected chi connectivity index (χ3v) is 2.99. The summed E-state index contributed by atoms with van der Waals surface area (Å²) in [7, 11) is 2.63.